The maximum atomic E-state index is 14.5. The summed E-state index contributed by atoms with van der Waals surface area (Å²) in [7, 11) is -4.11. The number of nitrogens with zero attached hydrogens (tertiary/aromatic N) is 1. The van der Waals surface area contributed by atoms with Crippen LogP contribution in [0.15, 0.2) is 54.6 Å². The highest BCUT2D eigenvalue weighted by Crippen LogP contribution is 2.59. The Labute approximate surface area is 223 Å². The van der Waals surface area contributed by atoms with E-state index >= 15 is 0 Å². The van der Waals surface area contributed by atoms with E-state index in [0.29, 0.717) is 16.8 Å². The molecular formula is C28H36NO8P. The first kappa shape index (κ1) is 29.6. The molecule has 3 rings (SSSR count). The van der Waals surface area contributed by atoms with Crippen LogP contribution < -0.4 is 4.90 Å². The van der Waals surface area contributed by atoms with Crippen LogP contribution in [0.25, 0.3) is 0 Å². The maximum Gasteiger partial charge on any atom is 0.421 e. The van der Waals surface area contributed by atoms with Crippen LogP contribution in [0.4, 0.5) is 10.5 Å². The van der Waals surface area contributed by atoms with Gasteiger partial charge in [-0.2, -0.15) is 0 Å². The minimum absolute atomic E-state index is 0.0140. The molecule has 206 valence electrons. The molecule has 2 amide bonds. The summed E-state index contributed by atoms with van der Waals surface area (Å²) in [4.78, 5) is 42.2. The van der Waals surface area contributed by atoms with Gasteiger partial charge in [0.25, 0.3) is 5.91 Å². The average Bonchev–Trinajstić information content (AvgIpc) is 3.10. The zero-order valence-electron chi connectivity index (χ0n) is 22.8. The normalized spacial score (nSPS) is 18.2. The van der Waals surface area contributed by atoms with E-state index in [4.69, 9.17) is 18.5 Å². The van der Waals surface area contributed by atoms with Crippen molar-refractivity contribution in [3.8, 4) is 0 Å². The number of benzene rings is 2. The van der Waals surface area contributed by atoms with Crippen LogP contribution in [-0.2, 0) is 38.1 Å². The molecule has 0 N–H and O–H groups in total. The molecular weight excluding hydrogens is 509 g/mol. The Morgan fingerprint density at radius 1 is 0.921 bits per heavy atom. The number of amides is 2. The summed E-state index contributed by atoms with van der Waals surface area (Å²) >= 11 is 0. The number of fused-ring (bicyclic) bond motifs is 1. The van der Waals surface area contributed by atoms with E-state index in [-0.39, 0.29) is 26.2 Å². The Balaban J connectivity index is 2.30. The van der Waals surface area contributed by atoms with E-state index < -0.39 is 42.2 Å². The van der Waals surface area contributed by atoms with Gasteiger partial charge in [-0.25, -0.2) is 9.69 Å². The second kappa shape index (κ2) is 11.8. The second-order valence-electron chi connectivity index (χ2n) is 9.76. The van der Waals surface area contributed by atoms with Crippen molar-refractivity contribution in [1.29, 1.82) is 0 Å². The Bertz CT molecular complexity index is 1200. The molecule has 38 heavy (non-hydrogen) atoms. The van der Waals surface area contributed by atoms with Crippen molar-refractivity contribution in [1.82, 2.24) is 0 Å². The first-order valence-electron chi connectivity index (χ1n) is 12.7. The van der Waals surface area contributed by atoms with Gasteiger partial charge in [-0.1, -0.05) is 48.5 Å². The summed E-state index contributed by atoms with van der Waals surface area (Å²) in [5.41, 5.74) is -2.60. The number of hydrogen-bond donors (Lipinski definition) is 0. The molecule has 2 aromatic rings. The Morgan fingerprint density at radius 2 is 1.50 bits per heavy atom. The zero-order valence-corrected chi connectivity index (χ0v) is 23.7. The number of carbonyl (C=O) groups is 3. The summed E-state index contributed by atoms with van der Waals surface area (Å²) in [6.07, 6.45) is -1.17. The molecule has 0 unspecified atom stereocenters. The van der Waals surface area contributed by atoms with Gasteiger partial charge in [-0.3, -0.25) is 14.2 Å². The van der Waals surface area contributed by atoms with E-state index in [1.54, 1.807) is 96.1 Å². The second-order valence-corrected chi connectivity index (χ2v) is 12.0. The largest absolute Gasteiger partial charge is 0.465 e. The summed E-state index contributed by atoms with van der Waals surface area (Å²) in [5, 5.41) is 0. The lowest BCUT2D eigenvalue weighted by atomic mass is 9.72. The first-order valence-corrected chi connectivity index (χ1v) is 14.3. The fourth-order valence-corrected chi connectivity index (χ4v) is 6.66. The van der Waals surface area contributed by atoms with Gasteiger partial charge >= 0.3 is 19.7 Å². The van der Waals surface area contributed by atoms with Crippen LogP contribution in [0, 0.1) is 0 Å². The number of esters is 1. The molecule has 2 aromatic carbocycles. The number of anilines is 1. The van der Waals surface area contributed by atoms with Crippen LogP contribution in [-0.4, -0.2) is 49.1 Å². The van der Waals surface area contributed by atoms with Crippen LogP contribution in [0.3, 0.4) is 0 Å². The molecule has 0 radical (unpaired) electrons. The van der Waals surface area contributed by atoms with Gasteiger partial charge in [-0.05, 0) is 65.2 Å². The molecule has 0 aromatic heterocycles. The Kier molecular flexibility index (Phi) is 9.18. The third-order valence-corrected chi connectivity index (χ3v) is 8.47. The average molecular weight is 546 g/mol. The summed E-state index contributed by atoms with van der Waals surface area (Å²) in [6, 6.07) is 15.6. The smallest absolute Gasteiger partial charge is 0.421 e. The fraction of sp³-hybridized carbons (Fsp3) is 0.464. The number of hydrogen-bond acceptors (Lipinski definition) is 8. The van der Waals surface area contributed by atoms with Crippen molar-refractivity contribution in [2.24, 2.45) is 0 Å². The predicted molar refractivity (Wildman–Crippen MR) is 143 cm³/mol. The van der Waals surface area contributed by atoms with Gasteiger partial charge in [0.1, 0.15) is 11.0 Å². The standard InChI is InChI=1S/C28H36NO8P/c1-7-34-24(30)23(38(33,35-8-2)36-9-3)19-28(20-15-11-10-12-16-20)21-17-13-14-18-22(21)29(25(28)31)26(32)37-27(4,5)6/h10-18,23H,7-9,19H2,1-6H3/t23-,28+/m1/s1. The van der Waals surface area contributed by atoms with Crippen LogP contribution in [0.1, 0.15) is 59.1 Å². The molecule has 10 heteroatoms. The minimum atomic E-state index is -4.11. The predicted octanol–water partition coefficient (Wildman–Crippen LogP) is 5.84. The fourth-order valence-electron chi connectivity index (χ4n) is 4.68. The summed E-state index contributed by atoms with van der Waals surface area (Å²) < 4.78 is 36.1. The molecule has 1 aliphatic rings. The molecule has 2 atom stereocenters. The van der Waals surface area contributed by atoms with E-state index in [1.807, 2.05) is 0 Å². The molecule has 0 saturated carbocycles. The number of para-hydroxylation sites is 1. The highest BCUT2D eigenvalue weighted by Gasteiger charge is 2.59. The first-order chi connectivity index (χ1) is 17.9. The van der Waals surface area contributed by atoms with Crippen molar-refractivity contribution >= 4 is 31.3 Å². The molecule has 0 spiro atoms. The summed E-state index contributed by atoms with van der Waals surface area (Å²) in [6.45, 7) is 10.1. The van der Waals surface area contributed by atoms with Crippen molar-refractivity contribution in [3.63, 3.8) is 0 Å². The Morgan fingerprint density at radius 3 is 2.05 bits per heavy atom. The highest BCUT2D eigenvalue weighted by atomic mass is 31.2. The third kappa shape index (κ3) is 5.70. The lowest BCUT2D eigenvalue weighted by Gasteiger charge is -2.34. The number of ether oxygens (including phenoxy) is 2. The Hall–Kier alpha value is -3.00. The molecule has 0 fully saturated rings. The number of imide groups is 1. The number of carbonyl (C=O) groups excluding carboxylic acids is 3. The van der Waals surface area contributed by atoms with Crippen LogP contribution in [0.2, 0.25) is 0 Å². The maximum absolute atomic E-state index is 14.5. The molecule has 1 aliphatic heterocycles. The van der Waals surface area contributed by atoms with E-state index in [1.165, 1.54) is 0 Å². The SMILES string of the molecule is CCOC(=O)[C@@H](C[C@@]1(c2ccccc2)C(=O)N(C(=O)OC(C)(C)C)c2ccccc21)P(=O)(OCC)OCC. The molecule has 1 heterocycles. The monoisotopic (exact) mass is 545 g/mol. The van der Waals surface area contributed by atoms with Gasteiger partial charge in [0, 0.05) is 0 Å². The zero-order chi connectivity index (χ0) is 28.1. The van der Waals surface area contributed by atoms with E-state index in [2.05, 4.69) is 0 Å². The van der Waals surface area contributed by atoms with E-state index in [9.17, 15) is 18.9 Å². The van der Waals surface area contributed by atoms with Crippen LogP contribution >= 0.6 is 7.60 Å². The third-order valence-electron chi connectivity index (χ3n) is 6.07. The molecule has 0 aliphatic carbocycles. The van der Waals surface area contributed by atoms with Gasteiger partial charge in [0.05, 0.1) is 25.5 Å². The number of rotatable bonds is 10. The minimum Gasteiger partial charge on any atom is -0.465 e. The molecule has 0 bridgehead atoms. The van der Waals surface area contributed by atoms with Crippen LogP contribution in [0.5, 0.6) is 0 Å². The highest BCUT2D eigenvalue weighted by molar-refractivity contribution is 7.55. The van der Waals surface area contributed by atoms with Crippen molar-refractivity contribution in [3.05, 3.63) is 65.7 Å². The van der Waals surface area contributed by atoms with Gasteiger partial charge in [-0.15, -0.1) is 0 Å². The van der Waals surface area contributed by atoms with Crippen molar-refractivity contribution in [2.45, 2.75) is 64.6 Å². The summed E-state index contributed by atoms with van der Waals surface area (Å²) in [5.74, 6) is -1.44. The quantitative estimate of drug-likeness (QED) is 0.271. The molecule has 0 saturated heterocycles. The molecule has 9 nitrogen and oxygen atoms in total. The lowest BCUT2D eigenvalue weighted by molar-refractivity contribution is -0.143. The van der Waals surface area contributed by atoms with Gasteiger partial charge in [0.15, 0.2) is 5.66 Å². The van der Waals surface area contributed by atoms with Crippen molar-refractivity contribution < 1.29 is 37.5 Å². The van der Waals surface area contributed by atoms with Gasteiger partial charge in [0.2, 0.25) is 0 Å². The topological polar surface area (TPSA) is 108 Å². The van der Waals surface area contributed by atoms with E-state index in [0.717, 1.165) is 4.90 Å². The van der Waals surface area contributed by atoms with Gasteiger partial charge < -0.3 is 18.5 Å². The van der Waals surface area contributed by atoms with Crippen molar-refractivity contribution in [2.75, 3.05) is 24.7 Å². The lowest BCUT2D eigenvalue weighted by Crippen LogP contribution is -2.48.